The molecule has 0 saturated carbocycles. The normalized spacial score (nSPS) is 11.7. The van der Waals surface area contributed by atoms with Crippen molar-refractivity contribution in [1.82, 2.24) is 0 Å². The first kappa shape index (κ1) is 19.3. The van der Waals surface area contributed by atoms with Gasteiger partial charge in [-0.3, -0.25) is 4.79 Å². The minimum atomic E-state index is -0.196. The molecule has 0 aliphatic carbocycles. The van der Waals surface area contributed by atoms with Crippen LogP contribution in [0.15, 0.2) is 72.8 Å². The van der Waals surface area contributed by atoms with Gasteiger partial charge in [0.2, 0.25) is 0 Å². The summed E-state index contributed by atoms with van der Waals surface area (Å²) in [5.41, 5.74) is 2.52. The highest BCUT2D eigenvalue weighted by atomic mass is 35.5. The van der Waals surface area contributed by atoms with Crippen LogP contribution >= 0.6 is 23.2 Å². The van der Waals surface area contributed by atoms with Gasteiger partial charge in [0.15, 0.2) is 5.78 Å². The van der Waals surface area contributed by atoms with Crippen molar-refractivity contribution >= 4 is 34.7 Å². The van der Waals surface area contributed by atoms with Crippen LogP contribution in [-0.4, -0.2) is 12.9 Å². The largest absolute Gasteiger partial charge is 0.497 e. The van der Waals surface area contributed by atoms with Crippen LogP contribution in [0, 0.1) is 0 Å². The average molecular weight is 400 g/mol. The summed E-state index contributed by atoms with van der Waals surface area (Å²) in [6, 6.07) is 21.9. The fourth-order valence-electron chi connectivity index (χ4n) is 2.77. The maximum atomic E-state index is 12.8. The van der Waals surface area contributed by atoms with E-state index < -0.39 is 0 Å². The van der Waals surface area contributed by atoms with E-state index in [1.165, 1.54) is 0 Å². The molecule has 5 heteroatoms. The van der Waals surface area contributed by atoms with E-state index in [1.54, 1.807) is 31.4 Å². The first-order chi connectivity index (χ1) is 13.0. The molecule has 0 fully saturated rings. The number of ketones is 1. The Morgan fingerprint density at radius 2 is 1.44 bits per heavy atom. The Balaban J connectivity index is 1.82. The van der Waals surface area contributed by atoms with Crippen molar-refractivity contribution in [2.45, 2.75) is 12.5 Å². The third-order valence-electron chi connectivity index (χ3n) is 4.26. The van der Waals surface area contributed by atoms with Crippen LogP contribution < -0.4 is 10.1 Å². The smallest absolute Gasteiger partial charge is 0.165 e. The van der Waals surface area contributed by atoms with Gasteiger partial charge in [-0.25, -0.2) is 0 Å². The number of methoxy groups -OCH3 is 1. The van der Waals surface area contributed by atoms with Crippen LogP contribution in [0.4, 0.5) is 5.69 Å². The molecule has 0 unspecified atom stereocenters. The summed E-state index contributed by atoms with van der Waals surface area (Å²) < 4.78 is 5.15. The Kier molecular flexibility index (Phi) is 6.38. The predicted molar refractivity (Wildman–Crippen MR) is 111 cm³/mol. The maximum absolute atomic E-state index is 12.8. The molecule has 0 aromatic heterocycles. The zero-order valence-corrected chi connectivity index (χ0v) is 16.3. The quantitative estimate of drug-likeness (QED) is 0.465. The number of anilines is 1. The molecule has 3 nitrogen and oxygen atoms in total. The Labute approximate surface area is 168 Å². The predicted octanol–water partition coefficient (Wildman–Crippen LogP) is 6.43. The van der Waals surface area contributed by atoms with Crippen molar-refractivity contribution in [2.75, 3.05) is 12.4 Å². The minimum Gasteiger partial charge on any atom is -0.497 e. The molecule has 0 spiro atoms. The lowest BCUT2D eigenvalue weighted by atomic mass is 9.97. The highest BCUT2D eigenvalue weighted by Gasteiger charge is 2.17. The molecule has 0 aliphatic heterocycles. The van der Waals surface area contributed by atoms with E-state index in [4.69, 9.17) is 27.9 Å². The standard InChI is InChI=1S/C22H19Cl2NO2/c1-27-20-12-4-16(5-13-20)22(26)14-21(15-2-6-17(23)7-3-15)25-19-10-8-18(24)9-11-19/h2-13,21,25H,14H2,1H3/t21-/m1/s1. The molecule has 0 bridgehead atoms. The minimum absolute atomic E-state index is 0.0408. The fourth-order valence-corrected chi connectivity index (χ4v) is 3.03. The second kappa shape index (κ2) is 8.94. The van der Waals surface area contributed by atoms with Crippen LogP contribution in [0.2, 0.25) is 10.0 Å². The molecule has 0 saturated heterocycles. The number of nitrogens with one attached hydrogen (secondary N) is 1. The number of carbonyl (C=O) groups excluding carboxylic acids is 1. The van der Waals surface area contributed by atoms with E-state index in [2.05, 4.69) is 5.32 Å². The van der Waals surface area contributed by atoms with E-state index >= 15 is 0 Å². The number of rotatable bonds is 7. The number of Topliss-reactive ketones (excluding diaryl/α,β-unsaturated/α-hetero) is 1. The molecule has 1 N–H and O–H groups in total. The third kappa shape index (κ3) is 5.25. The van der Waals surface area contributed by atoms with Crippen molar-refractivity contribution in [3.8, 4) is 5.75 Å². The van der Waals surface area contributed by atoms with Gasteiger partial charge in [0.25, 0.3) is 0 Å². The average Bonchev–Trinajstić information content (AvgIpc) is 2.70. The SMILES string of the molecule is COc1ccc(C(=O)C[C@@H](Nc2ccc(Cl)cc2)c2ccc(Cl)cc2)cc1. The van der Waals surface area contributed by atoms with Crippen LogP contribution in [0.5, 0.6) is 5.75 Å². The summed E-state index contributed by atoms with van der Waals surface area (Å²) in [5.74, 6) is 0.763. The summed E-state index contributed by atoms with van der Waals surface area (Å²) in [7, 11) is 1.60. The van der Waals surface area contributed by atoms with E-state index in [1.807, 2.05) is 48.5 Å². The lowest BCUT2D eigenvalue weighted by molar-refractivity contribution is 0.0976. The summed E-state index contributed by atoms with van der Waals surface area (Å²) in [6.45, 7) is 0. The van der Waals surface area contributed by atoms with Crippen molar-refractivity contribution < 1.29 is 9.53 Å². The van der Waals surface area contributed by atoms with Gasteiger partial charge in [-0.05, 0) is 66.2 Å². The zero-order chi connectivity index (χ0) is 19.2. The molecule has 0 amide bonds. The Morgan fingerprint density at radius 3 is 2.00 bits per heavy atom. The molecule has 1 atom stereocenters. The van der Waals surface area contributed by atoms with Gasteiger partial charge >= 0.3 is 0 Å². The van der Waals surface area contributed by atoms with E-state index in [9.17, 15) is 4.79 Å². The second-order valence-corrected chi connectivity index (χ2v) is 6.98. The lowest BCUT2D eigenvalue weighted by Crippen LogP contribution is -2.15. The molecule has 3 aromatic carbocycles. The zero-order valence-electron chi connectivity index (χ0n) is 14.8. The maximum Gasteiger partial charge on any atom is 0.165 e. The number of hydrogen-bond acceptors (Lipinski definition) is 3. The summed E-state index contributed by atoms with van der Waals surface area (Å²) in [4.78, 5) is 12.8. The molecule has 0 heterocycles. The molecule has 3 rings (SSSR count). The number of halogens is 2. The van der Waals surface area contributed by atoms with Gasteiger partial charge in [0.05, 0.1) is 13.2 Å². The van der Waals surface area contributed by atoms with Gasteiger partial charge in [0, 0.05) is 27.7 Å². The molecule has 3 aromatic rings. The van der Waals surface area contributed by atoms with E-state index in [-0.39, 0.29) is 11.8 Å². The third-order valence-corrected chi connectivity index (χ3v) is 4.76. The van der Waals surface area contributed by atoms with Crippen LogP contribution in [0.25, 0.3) is 0 Å². The Morgan fingerprint density at radius 1 is 0.889 bits per heavy atom. The molecule has 27 heavy (non-hydrogen) atoms. The summed E-state index contributed by atoms with van der Waals surface area (Å²) >= 11 is 12.0. The first-order valence-corrected chi connectivity index (χ1v) is 9.25. The van der Waals surface area contributed by atoms with Gasteiger partial charge in [-0.1, -0.05) is 35.3 Å². The fraction of sp³-hybridized carbons (Fsp3) is 0.136. The van der Waals surface area contributed by atoms with Gasteiger partial charge < -0.3 is 10.1 Å². The summed E-state index contributed by atoms with van der Waals surface area (Å²) in [6.07, 6.45) is 0.302. The topological polar surface area (TPSA) is 38.3 Å². The number of hydrogen-bond donors (Lipinski definition) is 1. The van der Waals surface area contributed by atoms with Crippen molar-refractivity contribution in [3.63, 3.8) is 0 Å². The first-order valence-electron chi connectivity index (χ1n) is 8.50. The van der Waals surface area contributed by atoms with E-state index in [0.717, 1.165) is 17.0 Å². The van der Waals surface area contributed by atoms with Crippen molar-refractivity contribution in [2.24, 2.45) is 0 Å². The van der Waals surface area contributed by atoms with Gasteiger partial charge in [-0.2, -0.15) is 0 Å². The highest BCUT2D eigenvalue weighted by Crippen LogP contribution is 2.27. The second-order valence-electron chi connectivity index (χ2n) is 6.11. The highest BCUT2D eigenvalue weighted by molar-refractivity contribution is 6.30. The van der Waals surface area contributed by atoms with Crippen LogP contribution in [0.1, 0.15) is 28.4 Å². The number of ether oxygens (including phenoxy) is 1. The van der Waals surface area contributed by atoms with Gasteiger partial charge in [-0.15, -0.1) is 0 Å². The molecular weight excluding hydrogens is 381 g/mol. The van der Waals surface area contributed by atoms with Gasteiger partial charge in [0.1, 0.15) is 5.75 Å². The van der Waals surface area contributed by atoms with Crippen molar-refractivity contribution in [1.29, 1.82) is 0 Å². The summed E-state index contributed by atoms with van der Waals surface area (Å²) in [5, 5.41) is 4.74. The number of benzene rings is 3. The lowest BCUT2D eigenvalue weighted by Gasteiger charge is -2.20. The Hall–Kier alpha value is -2.49. The monoisotopic (exact) mass is 399 g/mol. The molecule has 0 aliphatic rings. The Bertz CT molecular complexity index is 891. The molecule has 0 radical (unpaired) electrons. The molecule has 138 valence electrons. The number of carbonyl (C=O) groups is 1. The molecular formula is C22H19Cl2NO2. The van der Waals surface area contributed by atoms with E-state index in [0.29, 0.717) is 22.0 Å². The van der Waals surface area contributed by atoms with Crippen LogP contribution in [-0.2, 0) is 0 Å². The van der Waals surface area contributed by atoms with Crippen LogP contribution in [0.3, 0.4) is 0 Å². The van der Waals surface area contributed by atoms with Crippen molar-refractivity contribution in [3.05, 3.63) is 94.0 Å².